The van der Waals surface area contributed by atoms with Gasteiger partial charge in [0.05, 0.1) is 31.3 Å². The number of cyclic esters (lactones) is 1. The number of amides is 2. The normalized spacial score (nSPS) is 32.4. The fraction of sp³-hybridized carbons (Fsp3) is 0.581. The number of benzene rings is 1. The molecule has 210 valence electrons. The van der Waals surface area contributed by atoms with Crippen molar-refractivity contribution in [2.45, 2.75) is 77.2 Å². The van der Waals surface area contributed by atoms with Crippen molar-refractivity contribution >= 4 is 23.5 Å². The van der Waals surface area contributed by atoms with E-state index >= 15 is 0 Å². The third kappa shape index (κ3) is 4.61. The fourth-order valence-corrected chi connectivity index (χ4v) is 7.00. The van der Waals surface area contributed by atoms with E-state index < -0.39 is 41.6 Å². The number of esters is 1. The topological polar surface area (TPSA) is 96.4 Å². The highest BCUT2D eigenvalue weighted by Crippen LogP contribution is 2.54. The number of hydrogen-bond donors (Lipinski definition) is 1. The molecule has 4 aliphatic heterocycles. The van der Waals surface area contributed by atoms with Gasteiger partial charge in [-0.1, -0.05) is 56.4 Å². The zero-order valence-corrected chi connectivity index (χ0v) is 23.3. The minimum absolute atomic E-state index is 0.174. The first-order chi connectivity index (χ1) is 18.7. The molecule has 2 saturated heterocycles. The molecular weight excluding hydrogens is 496 g/mol. The van der Waals surface area contributed by atoms with Gasteiger partial charge in [0.2, 0.25) is 5.91 Å². The zero-order chi connectivity index (χ0) is 27.9. The van der Waals surface area contributed by atoms with Crippen LogP contribution in [-0.2, 0) is 23.9 Å². The Morgan fingerprint density at radius 3 is 2.51 bits per heavy atom. The Bertz CT molecular complexity index is 1170. The number of para-hydroxylation sites is 1. The summed E-state index contributed by atoms with van der Waals surface area (Å²) in [5.41, 5.74) is 1.36. The van der Waals surface area contributed by atoms with Crippen LogP contribution in [0.15, 0.2) is 42.5 Å². The number of aliphatic hydroxyl groups excluding tert-OH is 1. The van der Waals surface area contributed by atoms with Gasteiger partial charge in [-0.3, -0.25) is 14.4 Å². The first kappa shape index (κ1) is 27.6. The quantitative estimate of drug-likeness (QED) is 0.457. The van der Waals surface area contributed by atoms with Gasteiger partial charge in [0.15, 0.2) is 0 Å². The monoisotopic (exact) mass is 536 g/mol. The van der Waals surface area contributed by atoms with Crippen LogP contribution in [0.1, 0.15) is 50.7 Å². The van der Waals surface area contributed by atoms with Gasteiger partial charge in [0.25, 0.3) is 5.91 Å². The Morgan fingerprint density at radius 1 is 1.08 bits per heavy atom. The Morgan fingerprint density at radius 2 is 1.82 bits per heavy atom. The maximum absolute atomic E-state index is 14.7. The first-order valence-corrected chi connectivity index (χ1v) is 14.2. The van der Waals surface area contributed by atoms with Crippen LogP contribution in [0.25, 0.3) is 0 Å². The molecule has 4 aliphatic rings. The number of allylic oxidation sites excluding steroid dienone is 1. The number of hydrogen-bond acceptors (Lipinski definition) is 6. The van der Waals surface area contributed by atoms with Crippen LogP contribution >= 0.6 is 0 Å². The molecule has 2 fully saturated rings. The van der Waals surface area contributed by atoms with Crippen molar-refractivity contribution in [2.24, 2.45) is 17.8 Å². The van der Waals surface area contributed by atoms with Gasteiger partial charge in [-0.2, -0.15) is 0 Å². The third-order valence-electron chi connectivity index (χ3n) is 8.60. The van der Waals surface area contributed by atoms with E-state index in [1.54, 1.807) is 4.90 Å². The molecule has 1 N–H and O–H groups in total. The lowest BCUT2D eigenvalue weighted by Crippen LogP contribution is -2.58. The van der Waals surface area contributed by atoms with Crippen LogP contribution in [0.4, 0.5) is 5.69 Å². The Kier molecular flexibility index (Phi) is 7.71. The number of fused-ring (bicyclic) bond motifs is 2. The van der Waals surface area contributed by atoms with Crippen molar-refractivity contribution in [2.75, 3.05) is 24.7 Å². The number of carbonyl (C=O) groups excluding carboxylic acids is 3. The van der Waals surface area contributed by atoms with E-state index in [-0.39, 0.29) is 24.3 Å². The molecule has 0 aliphatic carbocycles. The summed E-state index contributed by atoms with van der Waals surface area (Å²) in [5, 5.41) is 10.5. The molecule has 6 atom stereocenters. The van der Waals surface area contributed by atoms with Crippen molar-refractivity contribution in [1.29, 1.82) is 0 Å². The molecule has 8 heteroatoms. The van der Waals surface area contributed by atoms with Crippen LogP contribution in [-0.4, -0.2) is 71.3 Å². The van der Waals surface area contributed by atoms with E-state index in [2.05, 4.69) is 0 Å². The number of carbonyl (C=O) groups is 3. The summed E-state index contributed by atoms with van der Waals surface area (Å²) >= 11 is 0. The maximum Gasteiger partial charge on any atom is 0.312 e. The highest BCUT2D eigenvalue weighted by atomic mass is 16.6. The van der Waals surface area contributed by atoms with Crippen molar-refractivity contribution in [3.63, 3.8) is 0 Å². The molecule has 2 amide bonds. The average Bonchev–Trinajstić information content (AvgIpc) is 3.28. The Labute approximate surface area is 230 Å². The van der Waals surface area contributed by atoms with Crippen molar-refractivity contribution in [3.8, 4) is 0 Å². The van der Waals surface area contributed by atoms with Crippen molar-refractivity contribution in [1.82, 2.24) is 4.90 Å². The summed E-state index contributed by atoms with van der Waals surface area (Å²) in [7, 11) is 0. The van der Waals surface area contributed by atoms with Crippen molar-refractivity contribution < 1.29 is 29.0 Å². The molecule has 0 saturated carbocycles. The number of aryl methyl sites for hydroxylation is 2. The van der Waals surface area contributed by atoms with Gasteiger partial charge in [0.1, 0.15) is 17.6 Å². The number of likely N-dealkylation sites (tertiary alicyclic amines) is 1. The van der Waals surface area contributed by atoms with Gasteiger partial charge < -0.3 is 24.4 Å². The van der Waals surface area contributed by atoms with Crippen LogP contribution in [0.3, 0.4) is 0 Å². The van der Waals surface area contributed by atoms with E-state index in [0.717, 1.165) is 36.1 Å². The number of anilines is 1. The lowest BCUT2D eigenvalue weighted by atomic mass is 9.78. The largest absolute Gasteiger partial charge is 0.465 e. The molecule has 1 unspecified atom stereocenters. The Balaban J connectivity index is 1.66. The summed E-state index contributed by atoms with van der Waals surface area (Å²) in [5.74, 6) is -2.70. The smallest absolute Gasteiger partial charge is 0.312 e. The minimum atomic E-state index is -1.35. The lowest BCUT2D eigenvalue weighted by Gasteiger charge is -2.39. The van der Waals surface area contributed by atoms with Gasteiger partial charge in [-0.25, -0.2) is 0 Å². The van der Waals surface area contributed by atoms with Crippen LogP contribution < -0.4 is 4.90 Å². The minimum Gasteiger partial charge on any atom is -0.465 e. The lowest BCUT2D eigenvalue weighted by molar-refractivity contribution is -0.155. The molecule has 39 heavy (non-hydrogen) atoms. The molecule has 0 radical (unpaired) electrons. The fourth-order valence-electron chi connectivity index (χ4n) is 7.00. The van der Waals surface area contributed by atoms with Gasteiger partial charge in [-0.15, -0.1) is 0 Å². The van der Waals surface area contributed by atoms with Crippen LogP contribution in [0.2, 0.25) is 0 Å². The number of aliphatic hydroxyl groups is 1. The van der Waals surface area contributed by atoms with E-state index in [1.807, 2.05) is 70.2 Å². The van der Waals surface area contributed by atoms with Crippen molar-refractivity contribution in [3.05, 3.63) is 53.6 Å². The van der Waals surface area contributed by atoms with Gasteiger partial charge >= 0.3 is 5.97 Å². The predicted molar refractivity (Wildman–Crippen MR) is 147 cm³/mol. The molecule has 8 nitrogen and oxygen atoms in total. The zero-order valence-electron chi connectivity index (χ0n) is 23.3. The maximum atomic E-state index is 14.7. The molecule has 1 aromatic carbocycles. The van der Waals surface area contributed by atoms with E-state index in [0.29, 0.717) is 19.6 Å². The van der Waals surface area contributed by atoms with E-state index in [9.17, 15) is 19.5 Å². The molecule has 1 aromatic rings. The summed E-state index contributed by atoms with van der Waals surface area (Å²) in [6.07, 6.45) is 9.88. The second-order valence-electron chi connectivity index (χ2n) is 11.7. The summed E-state index contributed by atoms with van der Waals surface area (Å²) in [4.78, 5) is 45.8. The number of rotatable bonds is 5. The van der Waals surface area contributed by atoms with Gasteiger partial charge in [0, 0.05) is 12.2 Å². The molecule has 1 spiro atoms. The summed E-state index contributed by atoms with van der Waals surface area (Å²) in [6.45, 7) is 8.29. The predicted octanol–water partition coefficient (Wildman–Crippen LogP) is 3.48. The highest BCUT2D eigenvalue weighted by Gasteiger charge is 2.72. The molecule has 4 heterocycles. The second-order valence-corrected chi connectivity index (χ2v) is 11.7. The van der Waals surface area contributed by atoms with E-state index in [1.165, 1.54) is 4.90 Å². The summed E-state index contributed by atoms with van der Waals surface area (Å²) in [6, 6.07) is 4.28. The second kappa shape index (κ2) is 10.9. The molecule has 0 bridgehead atoms. The highest BCUT2D eigenvalue weighted by molar-refractivity contribution is 6.06. The average molecular weight is 537 g/mol. The van der Waals surface area contributed by atoms with Gasteiger partial charge in [-0.05, 0) is 56.6 Å². The molecule has 0 aromatic heterocycles. The molecule has 5 rings (SSSR count). The number of nitrogens with zero attached hydrogens (tertiary/aromatic N) is 2. The van der Waals surface area contributed by atoms with Crippen LogP contribution in [0, 0.1) is 31.6 Å². The Hall–Kier alpha value is -2.97. The SMILES string of the molecule is Cc1cccc(C)c1N1CC=C[C@]23O[C@H]4/C=C\CCCCOC(=O)[C@H]4[C@H]2C(=O)N([C@@H](CO)CC(C)C)C3C1=O. The standard InChI is InChI=1S/C31H40N2O6/c1-19(2)17-22(18-34)33-27-29(36)32(26-20(3)11-9-12-21(26)4)15-10-14-31(27)25(28(33)35)24-23(39-31)13-7-5-6-8-16-38-30(24)37/h7,9-14,19,22-25,27,34H,5-6,8,15-18H2,1-4H3/b13-7-/t22-,23+,24-,25+,27?,31+/m1/s1. The third-order valence-corrected chi connectivity index (χ3v) is 8.60. The summed E-state index contributed by atoms with van der Waals surface area (Å²) < 4.78 is 12.4. The molecular formula is C31H40N2O6. The first-order valence-electron chi connectivity index (χ1n) is 14.2. The van der Waals surface area contributed by atoms with E-state index in [4.69, 9.17) is 9.47 Å². The number of ether oxygens (including phenoxy) is 2. The van der Waals surface area contributed by atoms with Crippen LogP contribution in [0.5, 0.6) is 0 Å².